The number of rotatable bonds is 8. The van der Waals surface area contributed by atoms with Crippen LogP contribution in [0.1, 0.15) is 5.56 Å². The number of aryl methyl sites for hydroxylation is 1. The number of aliphatic hydroxyl groups is 1. The molecule has 1 N–H and O–H groups in total. The van der Waals surface area contributed by atoms with E-state index in [1.165, 1.54) is 24.3 Å². The third kappa shape index (κ3) is 6.44. The molecular formula is C22H27FN2O4. The number of hydrogen-bond acceptors (Lipinski definition) is 5. The molecule has 1 heterocycles. The molecule has 1 atom stereocenters. The van der Waals surface area contributed by atoms with Crippen LogP contribution in [-0.2, 0) is 4.79 Å². The van der Waals surface area contributed by atoms with Crippen LogP contribution in [0.15, 0.2) is 48.5 Å². The second-order valence-corrected chi connectivity index (χ2v) is 7.15. The van der Waals surface area contributed by atoms with Crippen molar-refractivity contribution in [3.05, 3.63) is 59.9 Å². The number of benzene rings is 2. The average Bonchev–Trinajstić information content (AvgIpc) is 2.73. The minimum absolute atomic E-state index is 0.0709. The number of carbonyl (C=O) groups excluding carboxylic acids is 1. The number of amides is 1. The maximum Gasteiger partial charge on any atom is 0.260 e. The van der Waals surface area contributed by atoms with E-state index in [2.05, 4.69) is 4.90 Å². The molecule has 1 unspecified atom stereocenters. The van der Waals surface area contributed by atoms with Gasteiger partial charge in [0.15, 0.2) is 6.61 Å². The first kappa shape index (κ1) is 21.1. The number of β-amino-alcohol motifs (C(OH)–C–C–N with tert-alkyl or cyclic N) is 1. The van der Waals surface area contributed by atoms with Gasteiger partial charge in [-0.05, 0) is 42.8 Å². The maximum atomic E-state index is 12.9. The Morgan fingerprint density at radius 3 is 2.45 bits per heavy atom. The Bertz CT molecular complexity index is 792. The molecule has 0 radical (unpaired) electrons. The van der Waals surface area contributed by atoms with E-state index in [-0.39, 0.29) is 24.9 Å². The molecule has 0 spiro atoms. The molecule has 1 aliphatic rings. The molecule has 7 heteroatoms. The molecule has 0 saturated carbocycles. The van der Waals surface area contributed by atoms with Crippen LogP contribution in [0.5, 0.6) is 11.5 Å². The van der Waals surface area contributed by atoms with Crippen LogP contribution in [-0.4, -0.2) is 72.9 Å². The Hall–Kier alpha value is -2.64. The third-order valence-electron chi connectivity index (χ3n) is 4.89. The van der Waals surface area contributed by atoms with Crippen molar-refractivity contribution in [3.8, 4) is 11.5 Å². The van der Waals surface area contributed by atoms with Gasteiger partial charge in [-0.2, -0.15) is 0 Å². The summed E-state index contributed by atoms with van der Waals surface area (Å²) in [6.07, 6.45) is -0.598. The molecule has 2 aromatic rings. The maximum absolute atomic E-state index is 12.9. The lowest BCUT2D eigenvalue weighted by Gasteiger charge is -2.35. The fraction of sp³-hybridized carbons (Fsp3) is 0.409. The standard InChI is InChI=1S/C22H27FN2O4/c1-17-4-2-3-5-21(17)29-15-19(26)14-24-10-12-25(13-11-24)22(27)16-28-20-8-6-18(23)7-9-20/h2-9,19,26H,10-16H2,1H3. The molecular weight excluding hydrogens is 375 g/mol. The number of carbonyl (C=O) groups is 1. The molecule has 0 aliphatic carbocycles. The van der Waals surface area contributed by atoms with Crippen LogP contribution in [0.4, 0.5) is 4.39 Å². The van der Waals surface area contributed by atoms with Crippen molar-refractivity contribution in [1.82, 2.24) is 9.80 Å². The summed E-state index contributed by atoms with van der Waals surface area (Å²) in [7, 11) is 0. The number of ether oxygens (including phenoxy) is 2. The highest BCUT2D eigenvalue weighted by atomic mass is 19.1. The van der Waals surface area contributed by atoms with Crippen molar-refractivity contribution >= 4 is 5.91 Å². The minimum Gasteiger partial charge on any atom is -0.491 e. The van der Waals surface area contributed by atoms with E-state index in [0.717, 1.165) is 11.3 Å². The summed E-state index contributed by atoms with van der Waals surface area (Å²) in [5.41, 5.74) is 1.04. The van der Waals surface area contributed by atoms with Gasteiger partial charge >= 0.3 is 0 Å². The summed E-state index contributed by atoms with van der Waals surface area (Å²) in [6.45, 7) is 5.16. The Morgan fingerprint density at radius 2 is 1.76 bits per heavy atom. The van der Waals surface area contributed by atoms with Gasteiger partial charge in [-0.25, -0.2) is 4.39 Å². The van der Waals surface area contributed by atoms with Crippen molar-refractivity contribution in [2.24, 2.45) is 0 Å². The lowest BCUT2D eigenvalue weighted by atomic mass is 10.2. The molecule has 29 heavy (non-hydrogen) atoms. The summed E-state index contributed by atoms with van der Waals surface area (Å²) < 4.78 is 24.0. The van der Waals surface area contributed by atoms with E-state index >= 15 is 0 Å². The van der Waals surface area contributed by atoms with Gasteiger partial charge in [-0.3, -0.25) is 9.69 Å². The van der Waals surface area contributed by atoms with E-state index in [0.29, 0.717) is 38.5 Å². The fourth-order valence-corrected chi connectivity index (χ4v) is 3.20. The van der Waals surface area contributed by atoms with Crippen molar-refractivity contribution in [1.29, 1.82) is 0 Å². The Labute approximate surface area is 170 Å². The lowest BCUT2D eigenvalue weighted by molar-refractivity contribution is -0.135. The van der Waals surface area contributed by atoms with Crippen LogP contribution in [0.25, 0.3) is 0 Å². The zero-order valence-corrected chi connectivity index (χ0v) is 16.6. The summed E-state index contributed by atoms with van der Waals surface area (Å²) in [6, 6.07) is 13.3. The zero-order chi connectivity index (χ0) is 20.6. The van der Waals surface area contributed by atoms with E-state index in [1.807, 2.05) is 31.2 Å². The second kappa shape index (κ2) is 10.2. The van der Waals surface area contributed by atoms with Crippen LogP contribution in [0.3, 0.4) is 0 Å². The van der Waals surface area contributed by atoms with Crippen molar-refractivity contribution < 1.29 is 23.8 Å². The smallest absolute Gasteiger partial charge is 0.260 e. The van der Waals surface area contributed by atoms with Gasteiger partial charge in [0, 0.05) is 32.7 Å². The predicted octanol–water partition coefficient (Wildman–Crippen LogP) is 2.10. The van der Waals surface area contributed by atoms with Gasteiger partial charge in [0.05, 0.1) is 0 Å². The first-order valence-electron chi connectivity index (χ1n) is 9.76. The van der Waals surface area contributed by atoms with Gasteiger partial charge in [0.2, 0.25) is 0 Å². The number of para-hydroxylation sites is 1. The van der Waals surface area contributed by atoms with E-state index in [9.17, 15) is 14.3 Å². The molecule has 1 aliphatic heterocycles. The van der Waals surface area contributed by atoms with E-state index in [4.69, 9.17) is 9.47 Å². The summed E-state index contributed by atoms with van der Waals surface area (Å²) in [4.78, 5) is 16.2. The van der Waals surface area contributed by atoms with Gasteiger partial charge in [-0.15, -0.1) is 0 Å². The van der Waals surface area contributed by atoms with Gasteiger partial charge in [0.1, 0.15) is 30.0 Å². The topological polar surface area (TPSA) is 62.2 Å². The van der Waals surface area contributed by atoms with Gasteiger partial charge < -0.3 is 19.5 Å². The molecule has 1 saturated heterocycles. The highest BCUT2D eigenvalue weighted by Gasteiger charge is 2.23. The molecule has 1 fully saturated rings. The quantitative estimate of drug-likeness (QED) is 0.733. The zero-order valence-electron chi connectivity index (χ0n) is 16.6. The number of aliphatic hydroxyl groups excluding tert-OH is 1. The summed E-state index contributed by atoms with van der Waals surface area (Å²) in [5, 5.41) is 10.3. The molecule has 0 aromatic heterocycles. The predicted molar refractivity (Wildman–Crippen MR) is 108 cm³/mol. The minimum atomic E-state index is -0.598. The van der Waals surface area contributed by atoms with Gasteiger partial charge in [0.25, 0.3) is 5.91 Å². The normalized spacial score (nSPS) is 15.8. The first-order valence-corrected chi connectivity index (χ1v) is 9.76. The SMILES string of the molecule is Cc1ccccc1OCC(O)CN1CCN(C(=O)COc2ccc(F)cc2)CC1. The number of halogens is 1. The molecule has 2 aromatic carbocycles. The first-order chi connectivity index (χ1) is 14.0. The Morgan fingerprint density at radius 1 is 1.07 bits per heavy atom. The van der Waals surface area contributed by atoms with Crippen molar-refractivity contribution in [3.63, 3.8) is 0 Å². The molecule has 0 bridgehead atoms. The molecule has 156 valence electrons. The lowest BCUT2D eigenvalue weighted by Crippen LogP contribution is -2.51. The van der Waals surface area contributed by atoms with Crippen LogP contribution in [0.2, 0.25) is 0 Å². The van der Waals surface area contributed by atoms with E-state index < -0.39 is 6.10 Å². The van der Waals surface area contributed by atoms with E-state index in [1.54, 1.807) is 4.90 Å². The van der Waals surface area contributed by atoms with Crippen LogP contribution >= 0.6 is 0 Å². The molecule has 6 nitrogen and oxygen atoms in total. The molecule has 3 rings (SSSR count). The molecule has 1 amide bonds. The van der Waals surface area contributed by atoms with Crippen molar-refractivity contribution in [2.45, 2.75) is 13.0 Å². The average molecular weight is 402 g/mol. The summed E-state index contributed by atoms with van der Waals surface area (Å²) in [5.74, 6) is 0.807. The largest absolute Gasteiger partial charge is 0.491 e. The van der Waals surface area contributed by atoms with Crippen LogP contribution < -0.4 is 9.47 Å². The van der Waals surface area contributed by atoms with Gasteiger partial charge in [-0.1, -0.05) is 18.2 Å². The number of hydrogen-bond donors (Lipinski definition) is 1. The number of nitrogens with zero attached hydrogens (tertiary/aromatic N) is 2. The fourth-order valence-electron chi connectivity index (χ4n) is 3.20. The third-order valence-corrected chi connectivity index (χ3v) is 4.89. The highest BCUT2D eigenvalue weighted by Crippen LogP contribution is 2.16. The van der Waals surface area contributed by atoms with Crippen molar-refractivity contribution in [2.75, 3.05) is 45.9 Å². The van der Waals surface area contributed by atoms with Crippen LogP contribution in [0, 0.1) is 12.7 Å². The monoisotopic (exact) mass is 402 g/mol. The Kier molecular flexibility index (Phi) is 7.43. The number of piperazine rings is 1. The summed E-state index contributed by atoms with van der Waals surface area (Å²) >= 11 is 0. The highest BCUT2D eigenvalue weighted by molar-refractivity contribution is 5.77. The second-order valence-electron chi connectivity index (χ2n) is 7.15. The Balaban J connectivity index is 1.35.